The summed E-state index contributed by atoms with van der Waals surface area (Å²) >= 11 is 0. The summed E-state index contributed by atoms with van der Waals surface area (Å²) in [6.45, 7) is -2.03. The van der Waals surface area contributed by atoms with Crippen LogP contribution in [0, 0.1) is 0 Å². The first-order chi connectivity index (χ1) is 22.4. The number of imidazole rings is 1. The number of hydrogen-bond donors (Lipinski definition) is 9. The van der Waals surface area contributed by atoms with Gasteiger partial charge in [0.1, 0.15) is 47.9 Å². The van der Waals surface area contributed by atoms with Crippen molar-refractivity contribution in [3.8, 4) is 0 Å². The molecule has 2 saturated heterocycles. The molecule has 2 aliphatic rings. The number of aliphatic hydroxyl groups is 3. The zero-order chi connectivity index (χ0) is 35.2. The number of primary amides is 1. The Balaban J connectivity index is 1.21. The van der Waals surface area contributed by atoms with Crippen LogP contribution in [0.3, 0.4) is 0 Å². The highest BCUT2D eigenvalue weighted by Crippen LogP contribution is 2.61. The second kappa shape index (κ2) is 13.8. The van der Waals surface area contributed by atoms with E-state index in [9.17, 15) is 53.4 Å². The molecule has 5 heterocycles. The first-order valence-electron chi connectivity index (χ1n) is 13.3. The largest absolute Gasteiger partial charge is 0.481 e. The van der Waals surface area contributed by atoms with Crippen LogP contribution in [-0.2, 0) is 41.1 Å². The number of phosphoric acid groups is 3. The summed E-state index contributed by atoms with van der Waals surface area (Å²) in [4.78, 5) is 62.2. The van der Waals surface area contributed by atoms with Gasteiger partial charge in [0.25, 0.3) is 12.1 Å². The van der Waals surface area contributed by atoms with Crippen molar-refractivity contribution < 1.29 is 85.3 Å². The summed E-state index contributed by atoms with van der Waals surface area (Å²) in [7, 11) is -16.3. The van der Waals surface area contributed by atoms with E-state index in [0.717, 1.165) is 17.2 Å². The van der Waals surface area contributed by atoms with Gasteiger partial charge in [-0.2, -0.15) is 8.88 Å². The molecule has 0 aliphatic carbocycles. The summed E-state index contributed by atoms with van der Waals surface area (Å²) in [6, 6.07) is 2.79. The standard InChI is InChI=1S/C21H28N7O17P3/c22-17-12-19(25-7-24-17)28(8-26-12)21-16(44-46(33,34)35)14(30)11(43-21)6-41-48(38,39)45-47(36,37)40-5-10-13(29)15(31)20(42-10)27-3-1-2-9(4-27)18(23)32/h1-4,7-8,10-11,13-16,20-21,29-31H,5-6H2,(H7-,22,23,24,25,32,33,34,35,36,37,38,39)/p+1/t10-,11?,13-,14-,15-,16-,20?,21-/m1/s1. The fourth-order valence-corrected chi connectivity index (χ4v) is 7.47. The Hall–Kier alpha value is -2.86. The Morgan fingerprint density at radius 3 is 2.23 bits per heavy atom. The normalized spacial score (nSPS) is 30.3. The molecule has 4 unspecified atom stereocenters. The lowest BCUT2D eigenvalue weighted by Crippen LogP contribution is -2.46. The highest BCUT2D eigenvalue weighted by atomic mass is 31.3. The van der Waals surface area contributed by atoms with E-state index in [2.05, 4.69) is 23.8 Å². The van der Waals surface area contributed by atoms with Crippen LogP contribution < -0.4 is 16.0 Å². The number of rotatable bonds is 13. The summed E-state index contributed by atoms with van der Waals surface area (Å²) in [6.07, 6.45) is -8.39. The number of pyridine rings is 1. The van der Waals surface area contributed by atoms with Crippen molar-refractivity contribution in [2.45, 2.75) is 49.1 Å². The number of nitrogens with zero attached hydrogens (tertiary/aromatic N) is 5. The molecule has 10 atom stereocenters. The van der Waals surface area contributed by atoms with Crippen molar-refractivity contribution in [3.05, 3.63) is 42.7 Å². The van der Waals surface area contributed by atoms with Gasteiger partial charge in [-0.3, -0.25) is 22.9 Å². The van der Waals surface area contributed by atoms with E-state index in [4.69, 9.17) is 30.0 Å². The Bertz CT molecular complexity index is 1810. The number of carbonyl (C=O) groups excluding carboxylic acids is 1. The maximum absolute atomic E-state index is 12.6. The van der Waals surface area contributed by atoms with E-state index >= 15 is 0 Å². The van der Waals surface area contributed by atoms with Crippen molar-refractivity contribution in [2.75, 3.05) is 18.9 Å². The molecule has 3 aromatic heterocycles. The number of nitrogen functional groups attached to an aromatic ring is 1. The molecule has 264 valence electrons. The minimum atomic E-state index is -5.52. The maximum Gasteiger partial charge on any atom is 0.481 e. The Morgan fingerprint density at radius 2 is 1.60 bits per heavy atom. The van der Waals surface area contributed by atoms with Crippen LogP contribution in [0.25, 0.3) is 11.2 Å². The molecule has 2 aliphatic heterocycles. The molecule has 3 aromatic rings. The molecule has 5 rings (SSSR count). The van der Waals surface area contributed by atoms with Crippen molar-refractivity contribution >= 4 is 46.4 Å². The van der Waals surface area contributed by atoms with Gasteiger partial charge in [0.05, 0.1) is 19.5 Å². The van der Waals surface area contributed by atoms with E-state index in [0.29, 0.717) is 0 Å². The van der Waals surface area contributed by atoms with Gasteiger partial charge in [0.2, 0.25) is 0 Å². The summed E-state index contributed by atoms with van der Waals surface area (Å²) < 4.78 is 68.4. The molecule has 48 heavy (non-hydrogen) atoms. The molecule has 27 heteroatoms. The van der Waals surface area contributed by atoms with Crippen LogP contribution >= 0.6 is 23.5 Å². The molecule has 24 nitrogen and oxygen atoms in total. The van der Waals surface area contributed by atoms with Gasteiger partial charge >= 0.3 is 23.5 Å². The van der Waals surface area contributed by atoms with Gasteiger partial charge < -0.3 is 55.8 Å². The number of anilines is 1. The smallest absolute Gasteiger partial charge is 0.387 e. The lowest BCUT2D eigenvalue weighted by Gasteiger charge is -2.22. The number of aliphatic hydroxyl groups excluding tert-OH is 3. The molecule has 1 amide bonds. The van der Waals surface area contributed by atoms with Gasteiger partial charge in [0, 0.05) is 6.07 Å². The van der Waals surface area contributed by atoms with Crippen LogP contribution in [0.5, 0.6) is 0 Å². The molecule has 2 fully saturated rings. The highest BCUT2D eigenvalue weighted by Gasteiger charge is 2.51. The number of amides is 1. The van der Waals surface area contributed by atoms with Crippen molar-refractivity contribution in [2.24, 2.45) is 5.73 Å². The van der Waals surface area contributed by atoms with Gasteiger partial charge in [0.15, 0.2) is 36.2 Å². The average Bonchev–Trinajstić information content (AvgIpc) is 3.64. The van der Waals surface area contributed by atoms with Gasteiger partial charge in [-0.05, 0) is 6.07 Å². The van der Waals surface area contributed by atoms with Gasteiger partial charge in [-0.1, -0.05) is 0 Å². The van der Waals surface area contributed by atoms with E-state index < -0.39 is 91.7 Å². The topological polar surface area (TPSA) is 365 Å². The Morgan fingerprint density at radius 1 is 0.958 bits per heavy atom. The minimum Gasteiger partial charge on any atom is -0.387 e. The quantitative estimate of drug-likeness (QED) is 0.0626. The van der Waals surface area contributed by atoms with Crippen LogP contribution in [-0.4, -0.2) is 110 Å². The predicted molar refractivity (Wildman–Crippen MR) is 150 cm³/mol. The van der Waals surface area contributed by atoms with Crippen molar-refractivity contribution in [1.29, 1.82) is 0 Å². The molecule has 11 N–H and O–H groups in total. The maximum atomic E-state index is 12.6. The molecule has 0 aromatic carbocycles. The summed E-state index contributed by atoms with van der Waals surface area (Å²) in [5, 5.41) is 31.5. The Labute approximate surface area is 267 Å². The van der Waals surface area contributed by atoms with E-state index in [1.165, 1.54) is 29.1 Å². The summed E-state index contributed by atoms with van der Waals surface area (Å²) in [5.74, 6) is -0.848. The fourth-order valence-electron chi connectivity index (χ4n) is 4.83. The van der Waals surface area contributed by atoms with E-state index in [1.807, 2.05) is 0 Å². The van der Waals surface area contributed by atoms with Crippen LogP contribution in [0.1, 0.15) is 22.8 Å². The number of phosphoric ester groups is 3. The van der Waals surface area contributed by atoms with Crippen LogP contribution in [0.2, 0.25) is 0 Å². The number of hydrogen-bond acceptors (Lipinski definition) is 17. The monoisotopic (exact) mass is 744 g/mol. The van der Waals surface area contributed by atoms with Crippen LogP contribution in [0.15, 0.2) is 37.2 Å². The number of carbonyl (C=O) groups is 1. The molecular formula is C21H29N7O17P3+. The zero-order valence-electron chi connectivity index (χ0n) is 23.9. The number of nitrogens with two attached hydrogens (primary N) is 2. The predicted octanol–water partition coefficient (Wildman–Crippen LogP) is -2.90. The van der Waals surface area contributed by atoms with Crippen molar-refractivity contribution in [1.82, 2.24) is 19.5 Å². The first kappa shape index (κ1) is 36.4. The number of aromatic nitrogens is 5. The lowest BCUT2D eigenvalue weighted by molar-refractivity contribution is -0.765. The minimum absolute atomic E-state index is 0.00286. The molecular weight excluding hydrogens is 715 g/mol. The highest BCUT2D eigenvalue weighted by molar-refractivity contribution is 7.61. The lowest BCUT2D eigenvalue weighted by atomic mass is 10.1. The number of ether oxygens (including phenoxy) is 2. The van der Waals surface area contributed by atoms with Crippen LogP contribution in [0.4, 0.5) is 5.82 Å². The van der Waals surface area contributed by atoms with Gasteiger partial charge in [-0.15, -0.1) is 0 Å². The van der Waals surface area contributed by atoms with E-state index in [-0.39, 0.29) is 22.5 Å². The fraction of sp³-hybridized carbons (Fsp3) is 0.476. The third-order valence-electron chi connectivity index (χ3n) is 6.98. The second-order valence-electron chi connectivity index (χ2n) is 10.3. The van der Waals surface area contributed by atoms with Crippen molar-refractivity contribution in [3.63, 3.8) is 0 Å². The average molecular weight is 744 g/mol. The van der Waals surface area contributed by atoms with Gasteiger partial charge in [-0.25, -0.2) is 28.6 Å². The molecule has 0 spiro atoms. The third kappa shape index (κ3) is 8.12. The molecule has 0 saturated carbocycles. The van der Waals surface area contributed by atoms with E-state index in [1.54, 1.807) is 0 Å². The number of fused-ring (bicyclic) bond motifs is 1. The summed E-state index contributed by atoms with van der Waals surface area (Å²) in [5.41, 5.74) is 11.1. The Kier molecular flexibility index (Phi) is 10.5. The SMILES string of the molecule is NC(=O)c1ccc[n+](C2O[C@H](COP(=O)(O)OP(=O)(O)OCC3O[C@@H](n4cnc5c(N)ncnc54)[C@H](OP(=O)(O)O)[C@@H]3O)[C@@H](O)[C@H]2O)c1. The first-order valence-corrected chi connectivity index (χ1v) is 17.9. The second-order valence-corrected chi connectivity index (χ2v) is 14.5. The zero-order valence-corrected chi connectivity index (χ0v) is 26.6. The third-order valence-corrected chi connectivity index (χ3v) is 10.1. The molecule has 0 bridgehead atoms. The molecule has 0 radical (unpaired) electrons.